The Morgan fingerprint density at radius 3 is 0.846 bits per heavy atom. The van der Waals surface area contributed by atoms with Crippen LogP contribution in [0.5, 0.6) is 0 Å². The van der Waals surface area contributed by atoms with Gasteiger partial charge in [-0.15, -0.1) is 0 Å². The van der Waals surface area contributed by atoms with Gasteiger partial charge in [-0.2, -0.15) is 0 Å². The topological polar surface area (TPSA) is 161 Å². The van der Waals surface area contributed by atoms with E-state index in [-0.39, 0.29) is 118 Å². The van der Waals surface area contributed by atoms with Crippen LogP contribution in [0.3, 0.4) is 0 Å². The first-order valence-corrected chi connectivity index (χ1v) is 6.11. The van der Waals surface area contributed by atoms with Crippen molar-refractivity contribution in [3.63, 3.8) is 0 Å². The number of carboxylic acids is 2. The van der Waals surface area contributed by atoms with Gasteiger partial charge in [0.1, 0.15) is 0 Å². The Morgan fingerprint density at radius 2 is 0.654 bits per heavy atom. The molecule has 0 aromatic carbocycles. The summed E-state index contributed by atoms with van der Waals surface area (Å²) >= 11 is 0. The van der Waals surface area contributed by atoms with Crippen molar-refractivity contribution in [2.45, 2.75) is 38.5 Å². The molecule has 0 fully saturated rings. The zero-order valence-electron chi connectivity index (χ0n) is 11.4. The van der Waals surface area contributed by atoms with E-state index in [9.17, 15) is 28.8 Å². The number of rotatable bonds is 9. The quantitative estimate of drug-likeness (QED) is 0.227. The van der Waals surface area contributed by atoms with Crippen LogP contribution >= 0.6 is 0 Å². The van der Waals surface area contributed by atoms with E-state index in [1.807, 2.05) is 0 Å². The van der Waals surface area contributed by atoms with Crippen LogP contribution in [0.4, 0.5) is 0 Å². The average molecular weight is 414 g/mol. The summed E-state index contributed by atoms with van der Waals surface area (Å²) in [7, 11) is 0. The van der Waals surface area contributed by atoms with Gasteiger partial charge in [-0.3, -0.25) is 28.8 Å². The molecule has 0 saturated heterocycles. The molecule has 0 aliphatic carbocycles. The second kappa shape index (κ2) is 22.5. The monoisotopic (exact) mass is 414 g/mol. The van der Waals surface area contributed by atoms with Crippen molar-refractivity contribution in [2.75, 3.05) is 0 Å². The molecule has 0 atom stereocenters. The first-order valence-electron chi connectivity index (χ1n) is 6.11. The molecule has 0 heterocycles. The van der Waals surface area contributed by atoms with Gasteiger partial charge in [0.05, 0.1) is 38.5 Å². The molecule has 26 heavy (non-hydrogen) atoms. The van der Waals surface area contributed by atoms with Crippen molar-refractivity contribution >= 4 is 154 Å². The van der Waals surface area contributed by atoms with Gasteiger partial charge >= 0.3 is 154 Å². The number of aliphatic carboxylic acids is 2. The van der Waals surface area contributed by atoms with Crippen LogP contribution in [0.15, 0.2) is 0 Å². The predicted molar refractivity (Wildman–Crippen MR) is 93.8 cm³/mol. The number of carbonyl (C=O) groups is 6. The van der Waals surface area contributed by atoms with Gasteiger partial charge in [0.2, 0.25) is 0 Å². The zero-order valence-corrected chi connectivity index (χ0v) is 11.4. The Morgan fingerprint density at radius 1 is 0.462 bits per heavy atom. The van der Waals surface area contributed by atoms with Crippen molar-refractivity contribution in [2.24, 2.45) is 0 Å². The fraction of sp³-hybridized carbons (Fsp3) is 0.500. The molecule has 0 aliphatic heterocycles. The molecule has 0 aromatic rings. The summed E-state index contributed by atoms with van der Waals surface area (Å²) in [6.45, 7) is 0. The Balaban J connectivity index is -0.000000367. The summed E-state index contributed by atoms with van der Waals surface area (Å²) < 4.78 is 8.45. The number of carbonyl (C=O) groups excluding carboxylic acids is 4. The molecule has 0 radical (unpaired) electrons. The van der Waals surface area contributed by atoms with E-state index in [1.54, 1.807) is 0 Å². The average Bonchev–Trinajstić information content (AvgIpc) is 2.40. The van der Waals surface area contributed by atoms with Gasteiger partial charge in [0.15, 0.2) is 0 Å². The summed E-state index contributed by atoms with van der Waals surface area (Å²) in [6, 6.07) is 0. The molecule has 0 aromatic heterocycles. The number of ether oxygens (including phenoxy) is 2. The third-order valence-corrected chi connectivity index (χ3v) is 2.07. The van der Waals surface area contributed by atoms with Crippen molar-refractivity contribution in [3.05, 3.63) is 0 Å². The fourth-order valence-electron chi connectivity index (χ4n) is 1.08. The standard InChI is InChI=1S/C12H14O10.4Na.4H/c13-7(14)1-3-9(17)21-11(19)5-6-12(20)22-10(18)4-2-8(15)16;;;;;;;;/h1-6H2,(H,13,14)(H,15,16);;;;;;;;. The Bertz CT molecular complexity index is 450. The van der Waals surface area contributed by atoms with Crippen molar-refractivity contribution < 1.29 is 48.5 Å². The van der Waals surface area contributed by atoms with E-state index in [0.717, 1.165) is 0 Å². The van der Waals surface area contributed by atoms with Crippen LogP contribution in [-0.4, -0.2) is 164 Å². The molecular formula is C12H18Na4O10. The van der Waals surface area contributed by atoms with Crippen LogP contribution < -0.4 is 0 Å². The molecule has 0 spiro atoms. The van der Waals surface area contributed by atoms with Crippen LogP contribution in [0.2, 0.25) is 0 Å². The van der Waals surface area contributed by atoms with E-state index in [2.05, 4.69) is 9.47 Å². The zero-order chi connectivity index (χ0) is 17.1. The predicted octanol–water partition coefficient (Wildman–Crippen LogP) is -2.96. The van der Waals surface area contributed by atoms with E-state index >= 15 is 0 Å². The fourth-order valence-corrected chi connectivity index (χ4v) is 1.08. The van der Waals surface area contributed by atoms with E-state index < -0.39 is 74.3 Å². The van der Waals surface area contributed by atoms with Crippen LogP contribution in [0, 0.1) is 0 Å². The van der Waals surface area contributed by atoms with E-state index in [1.165, 1.54) is 0 Å². The second-order valence-electron chi connectivity index (χ2n) is 3.98. The van der Waals surface area contributed by atoms with Crippen molar-refractivity contribution in [1.82, 2.24) is 0 Å². The van der Waals surface area contributed by atoms with Gasteiger partial charge in [-0.1, -0.05) is 0 Å². The second-order valence-corrected chi connectivity index (χ2v) is 3.98. The first kappa shape index (κ1) is 37.9. The SMILES string of the molecule is O=C(O)CCC(=O)OC(=O)CCC(=O)OC(=O)CCC(=O)O.[NaH].[NaH].[NaH].[NaH]. The Labute approximate surface area is 237 Å². The third-order valence-electron chi connectivity index (χ3n) is 2.07. The molecule has 10 nitrogen and oxygen atoms in total. The summed E-state index contributed by atoms with van der Waals surface area (Å²) in [6.07, 6.45) is -3.04. The summed E-state index contributed by atoms with van der Waals surface area (Å²) in [5.41, 5.74) is 0. The van der Waals surface area contributed by atoms with E-state index in [4.69, 9.17) is 10.2 Å². The van der Waals surface area contributed by atoms with Crippen LogP contribution in [0.25, 0.3) is 0 Å². The molecular weight excluding hydrogens is 396 g/mol. The number of carboxylic acid groups (broad SMARTS) is 2. The summed E-state index contributed by atoms with van der Waals surface area (Å²) in [4.78, 5) is 64.6. The van der Waals surface area contributed by atoms with E-state index in [0.29, 0.717) is 0 Å². The molecule has 0 unspecified atom stereocenters. The number of esters is 4. The first-order chi connectivity index (χ1) is 10.2. The van der Waals surface area contributed by atoms with Crippen LogP contribution in [-0.2, 0) is 38.2 Å². The van der Waals surface area contributed by atoms with Gasteiger partial charge in [0, 0.05) is 0 Å². The van der Waals surface area contributed by atoms with Crippen molar-refractivity contribution in [1.29, 1.82) is 0 Å². The maximum absolute atomic E-state index is 11.1. The molecule has 130 valence electrons. The minimum absolute atomic E-state index is 0. The number of hydrogen-bond donors (Lipinski definition) is 2. The van der Waals surface area contributed by atoms with Crippen molar-refractivity contribution in [3.8, 4) is 0 Å². The third kappa shape index (κ3) is 25.2. The number of hydrogen-bond acceptors (Lipinski definition) is 8. The molecule has 0 saturated carbocycles. The molecule has 2 N–H and O–H groups in total. The van der Waals surface area contributed by atoms with Gasteiger partial charge in [-0.25, -0.2) is 0 Å². The van der Waals surface area contributed by atoms with Crippen LogP contribution in [0.1, 0.15) is 38.5 Å². The molecule has 14 heteroatoms. The van der Waals surface area contributed by atoms with Gasteiger partial charge in [0.25, 0.3) is 0 Å². The molecule has 0 bridgehead atoms. The Kier molecular flexibility index (Phi) is 32.8. The molecule has 0 rings (SSSR count). The summed E-state index contributed by atoms with van der Waals surface area (Å²) in [5.74, 6) is -6.67. The molecule has 0 aliphatic rings. The van der Waals surface area contributed by atoms with Gasteiger partial charge < -0.3 is 19.7 Å². The Hall–Kier alpha value is 1.22. The normalized spacial score (nSPS) is 8.15. The molecule has 0 amide bonds. The minimum atomic E-state index is -1.23. The summed E-state index contributed by atoms with van der Waals surface area (Å²) in [5, 5.41) is 16.6. The maximum atomic E-state index is 11.1. The van der Waals surface area contributed by atoms with Gasteiger partial charge in [-0.05, 0) is 0 Å².